The van der Waals surface area contributed by atoms with E-state index >= 15 is 0 Å². The Hall–Kier alpha value is -3.50. The van der Waals surface area contributed by atoms with E-state index in [9.17, 15) is 17.8 Å². The van der Waals surface area contributed by atoms with E-state index in [1.54, 1.807) is 41.0 Å². The van der Waals surface area contributed by atoms with Crippen molar-refractivity contribution >= 4 is 54.7 Å². The van der Waals surface area contributed by atoms with E-state index in [2.05, 4.69) is 10.3 Å². The van der Waals surface area contributed by atoms with Crippen molar-refractivity contribution in [3.63, 3.8) is 0 Å². The molecular weight excluding hydrogens is 446 g/mol. The van der Waals surface area contributed by atoms with Crippen molar-refractivity contribution in [2.75, 3.05) is 25.0 Å². The second-order valence-corrected chi connectivity index (χ2v) is 8.87. The Morgan fingerprint density at radius 1 is 1.12 bits per heavy atom. The molecule has 0 atom stereocenters. The molecule has 3 aromatic carbocycles. The fourth-order valence-corrected chi connectivity index (χ4v) is 4.98. The number of carboxylic acids is 1. The topological polar surface area (TPSA) is 133 Å². The number of carboxylic acid groups (broad SMARTS) is 1. The number of anilines is 1. The summed E-state index contributed by atoms with van der Waals surface area (Å²) < 4.78 is 43.7. The minimum absolute atomic E-state index is 0.0891. The van der Waals surface area contributed by atoms with Crippen molar-refractivity contribution in [3.05, 3.63) is 47.8 Å². The van der Waals surface area contributed by atoms with E-state index < -0.39 is 16.1 Å². The predicted octanol–water partition coefficient (Wildman–Crippen LogP) is 3.08. The van der Waals surface area contributed by atoms with Crippen LogP contribution in [0.5, 0.6) is 0 Å². The standard InChI is InChI=1S/C23H23N3O6S/c1-3-26(4-2)22-16(24-12-11-19(27)28)13-14-9-10-18-21(20(14)23(22)33(29,30)31)25-15-7-5-6-8-17(15)32-18/h5-10,13H,3-4,11-12H2,1-2H3,(H2-,24,25,27,28,29,30,31)/p+1. The smallest absolute Gasteiger partial charge is 0.305 e. The van der Waals surface area contributed by atoms with Crippen molar-refractivity contribution < 1.29 is 27.3 Å². The van der Waals surface area contributed by atoms with Gasteiger partial charge in [-0.05, 0) is 43.5 Å². The number of aliphatic carboxylic acids is 1. The molecule has 0 fully saturated rings. The van der Waals surface area contributed by atoms with Gasteiger partial charge >= 0.3 is 16.1 Å². The van der Waals surface area contributed by atoms with Gasteiger partial charge in [-0.15, -0.1) is 0 Å². The molecule has 0 bridgehead atoms. The molecule has 1 heterocycles. The lowest BCUT2D eigenvalue weighted by molar-refractivity contribution is -0.136. The molecule has 4 rings (SSSR count). The number of benzene rings is 3. The number of hydrogen-bond acceptors (Lipinski definition) is 6. The predicted molar refractivity (Wildman–Crippen MR) is 126 cm³/mol. The third-order valence-electron chi connectivity index (χ3n) is 5.48. The van der Waals surface area contributed by atoms with Crippen molar-refractivity contribution in [1.82, 2.24) is 9.56 Å². The van der Waals surface area contributed by atoms with Crippen molar-refractivity contribution in [1.29, 1.82) is 0 Å². The van der Waals surface area contributed by atoms with Crippen LogP contribution in [-0.4, -0.2) is 48.7 Å². The van der Waals surface area contributed by atoms with E-state index in [-0.39, 0.29) is 28.6 Å². The Labute approximate surface area is 189 Å². The molecule has 0 saturated carbocycles. The van der Waals surface area contributed by atoms with Gasteiger partial charge in [0.15, 0.2) is 16.1 Å². The fourth-order valence-electron chi connectivity index (χ4n) is 4.02. The molecule has 10 heteroatoms. The van der Waals surface area contributed by atoms with E-state index in [1.807, 2.05) is 19.9 Å². The van der Waals surface area contributed by atoms with Gasteiger partial charge in [0.2, 0.25) is 5.36 Å². The van der Waals surface area contributed by atoms with Crippen LogP contribution in [0.15, 0.2) is 51.8 Å². The van der Waals surface area contributed by atoms with Crippen LogP contribution in [0.1, 0.15) is 20.3 Å². The molecular formula is C23H24N3O6S+. The lowest BCUT2D eigenvalue weighted by atomic mass is 10.1. The largest absolute Gasteiger partial charge is 0.481 e. The van der Waals surface area contributed by atoms with Gasteiger partial charge in [0.05, 0.1) is 6.42 Å². The summed E-state index contributed by atoms with van der Waals surface area (Å²) >= 11 is 0. The molecule has 0 radical (unpaired) electrons. The van der Waals surface area contributed by atoms with Crippen molar-refractivity contribution in [2.24, 2.45) is 0 Å². The zero-order valence-corrected chi connectivity index (χ0v) is 19.0. The minimum Gasteiger partial charge on any atom is -0.481 e. The van der Waals surface area contributed by atoms with E-state index in [0.29, 0.717) is 46.4 Å². The summed E-state index contributed by atoms with van der Waals surface area (Å²) in [5.74, 6) is -0.980. The summed E-state index contributed by atoms with van der Waals surface area (Å²) in [4.78, 5) is 15.4. The Morgan fingerprint density at radius 2 is 1.85 bits per heavy atom. The summed E-state index contributed by atoms with van der Waals surface area (Å²) in [6.07, 6.45) is -0.152. The summed E-state index contributed by atoms with van der Waals surface area (Å²) in [7, 11) is -4.71. The van der Waals surface area contributed by atoms with Crippen LogP contribution < -0.4 is 15.2 Å². The lowest BCUT2D eigenvalue weighted by Gasteiger charge is -2.13. The Bertz CT molecular complexity index is 1570. The number of fused-ring (bicyclic) bond motifs is 4. The molecule has 0 aliphatic heterocycles. The summed E-state index contributed by atoms with van der Waals surface area (Å²) in [5.41, 5.74) is 2.20. The SMILES string of the molecule is CC[N+](CC)=c1c(NCCC(=O)O)cc2ccc3oc4ccccc4nc3c2c1S(=O)(=O)O. The molecule has 0 saturated heterocycles. The number of para-hydroxylation sites is 2. The molecule has 1 aromatic heterocycles. The van der Waals surface area contributed by atoms with Crippen molar-refractivity contribution in [2.45, 2.75) is 25.2 Å². The molecule has 9 nitrogen and oxygen atoms in total. The summed E-state index contributed by atoms with van der Waals surface area (Å²) in [5, 5.41) is 13.1. The van der Waals surface area contributed by atoms with Crippen LogP contribution >= 0.6 is 0 Å². The van der Waals surface area contributed by atoms with Crippen LogP contribution in [0, 0.1) is 0 Å². The Kier molecular flexibility index (Phi) is 6.05. The average Bonchev–Trinajstić information content (AvgIpc) is 2.77. The first-order valence-electron chi connectivity index (χ1n) is 10.5. The van der Waals surface area contributed by atoms with E-state index in [1.165, 1.54) is 0 Å². The molecule has 0 aliphatic rings. The molecule has 3 N–H and O–H groups in total. The highest BCUT2D eigenvalue weighted by molar-refractivity contribution is 7.86. The van der Waals surface area contributed by atoms with Crippen LogP contribution in [0.3, 0.4) is 0 Å². The molecule has 0 spiro atoms. The fraction of sp³-hybridized carbons (Fsp3) is 0.261. The number of carbonyl (C=O) groups is 1. The summed E-state index contributed by atoms with van der Waals surface area (Å²) in [6.45, 7) is 4.75. The first-order chi connectivity index (χ1) is 15.7. The summed E-state index contributed by atoms with van der Waals surface area (Å²) in [6, 6.07) is 12.3. The normalized spacial score (nSPS) is 11.8. The van der Waals surface area contributed by atoms with E-state index in [0.717, 1.165) is 0 Å². The first-order valence-corrected chi connectivity index (χ1v) is 12.0. The first kappa shape index (κ1) is 22.7. The quantitative estimate of drug-likeness (QED) is 0.162. The number of nitrogens with one attached hydrogen (secondary N) is 1. The van der Waals surface area contributed by atoms with Crippen LogP contribution in [-0.2, 0) is 14.9 Å². The number of aromatic nitrogens is 1. The maximum Gasteiger partial charge on any atom is 0.305 e. The van der Waals surface area contributed by atoms with Gasteiger partial charge in [0.25, 0.3) is 0 Å². The van der Waals surface area contributed by atoms with Gasteiger partial charge in [0.1, 0.15) is 29.8 Å². The molecule has 33 heavy (non-hydrogen) atoms. The third kappa shape index (κ3) is 4.27. The second kappa shape index (κ2) is 8.80. The second-order valence-electron chi connectivity index (χ2n) is 7.51. The molecule has 4 aromatic rings. The number of rotatable bonds is 7. The Balaban J connectivity index is 2.21. The van der Waals surface area contributed by atoms with Crippen LogP contribution in [0.4, 0.5) is 5.69 Å². The third-order valence-corrected chi connectivity index (χ3v) is 6.39. The van der Waals surface area contributed by atoms with Gasteiger partial charge in [-0.1, -0.05) is 18.2 Å². The van der Waals surface area contributed by atoms with Crippen LogP contribution in [0.25, 0.3) is 33.0 Å². The van der Waals surface area contributed by atoms with Gasteiger partial charge in [-0.3, -0.25) is 9.35 Å². The monoisotopic (exact) mass is 470 g/mol. The minimum atomic E-state index is -4.71. The maximum atomic E-state index is 12.8. The highest BCUT2D eigenvalue weighted by atomic mass is 32.2. The molecule has 0 amide bonds. The maximum absolute atomic E-state index is 12.8. The van der Waals surface area contributed by atoms with Crippen LogP contribution in [0.2, 0.25) is 0 Å². The lowest BCUT2D eigenvalue weighted by Crippen LogP contribution is -2.36. The zero-order chi connectivity index (χ0) is 23.8. The molecule has 0 aliphatic carbocycles. The van der Waals surface area contributed by atoms with Gasteiger partial charge < -0.3 is 14.8 Å². The molecule has 172 valence electrons. The number of hydrogen-bond donors (Lipinski definition) is 3. The highest BCUT2D eigenvalue weighted by Gasteiger charge is 2.28. The molecule has 0 unspecified atom stereocenters. The highest BCUT2D eigenvalue weighted by Crippen LogP contribution is 2.31. The van der Waals surface area contributed by atoms with Crippen molar-refractivity contribution in [3.8, 4) is 0 Å². The average molecular weight is 471 g/mol. The van der Waals surface area contributed by atoms with Gasteiger partial charge in [-0.25, -0.2) is 9.56 Å². The Morgan fingerprint density at radius 3 is 2.52 bits per heavy atom. The number of nitrogens with zero attached hydrogens (tertiary/aromatic N) is 2. The van der Waals surface area contributed by atoms with E-state index in [4.69, 9.17) is 9.52 Å². The van der Waals surface area contributed by atoms with Gasteiger partial charge in [0, 0.05) is 11.9 Å². The van der Waals surface area contributed by atoms with Gasteiger partial charge in [-0.2, -0.15) is 8.42 Å². The zero-order valence-electron chi connectivity index (χ0n) is 18.2.